The first kappa shape index (κ1) is 14.1. The summed E-state index contributed by atoms with van der Waals surface area (Å²) in [6.07, 6.45) is 0. The Morgan fingerprint density at radius 3 is 2.53 bits per heavy atom. The Morgan fingerprint density at radius 2 is 1.84 bits per heavy atom. The normalized spacial score (nSPS) is 12.2. The first-order valence-corrected chi connectivity index (χ1v) is 7.19. The molecule has 19 heavy (non-hydrogen) atoms. The second-order valence-corrected chi connectivity index (χ2v) is 5.68. The van der Waals surface area contributed by atoms with Crippen molar-refractivity contribution < 1.29 is 0 Å². The number of hydrogen-bond acceptors (Lipinski definition) is 2. The van der Waals surface area contributed by atoms with Crippen LogP contribution in [0.4, 0.5) is 5.69 Å². The van der Waals surface area contributed by atoms with Gasteiger partial charge in [-0.05, 0) is 53.0 Å². The van der Waals surface area contributed by atoms with Crippen LogP contribution in [-0.2, 0) is 0 Å². The maximum absolute atomic E-state index is 5.91. The molecule has 0 amide bonds. The van der Waals surface area contributed by atoms with Gasteiger partial charge in [0.2, 0.25) is 0 Å². The summed E-state index contributed by atoms with van der Waals surface area (Å²) in [5.41, 5.74) is 10.7. The van der Waals surface area contributed by atoms with Crippen LogP contribution in [0.5, 0.6) is 0 Å². The fraction of sp³-hybridized carbons (Fsp3) is 0.250. The van der Waals surface area contributed by atoms with E-state index in [-0.39, 0.29) is 6.04 Å². The highest BCUT2D eigenvalue weighted by atomic mass is 79.9. The molecule has 2 rings (SSSR count). The van der Waals surface area contributed by atoms with Crippen LogP contribution in [0.3, 0.4) is 0 Å². The van der Waals surface area contributed by atoms with Crippen molar-refractivity contribution in [2.75, 3.05) is 11.9 Å². The summed E-state index contributed by atoms with van der Waals surface area (Å²) in [5, 5.41) is 3.51. The van der Waals surface area contributed by atoms with Crippen LogP contribution in [0.1, 0.15) is 22.7 Å². The third-order valence-electron chi connectivity index (χ3n) is 3.13. The van der Waals surface area contributed by atoms with Crippen molar-refractivity contribution in [2.45, 2.75) is 19.9 Å². The molecule has 0 fully saturated rings. The molecular weight excluding hydrogens is 300 g/mol. The molecule has 1 atom stereocenters. The summed E-state index contributed by atoms with van der Waals surface area (Å²) in [6, 6.07) is 14.8. The Labute approximate surface area is 123 Å². The van der Waals surface area contributed by atoms with Crippen molar-refractivity contribution in [3.63, 3.8) is 0 Å². The van der Waals surface area contributed by atoms with Gasteiger partial charge in [0, 0.05) is 16.7 Å². The second-order valence-electron chi connectivity index (χ2n) is 4.83. The largest absolute Gasteiger partial charge is 0.376 e. The lowest BCUT2D eigenvalue weighted by molar-refractivity contribution is 0.788. The zero-order valence-electron chi connectivity index (χ0n) is 11.3. The number of nitrogens with two attached hydrogens (primary N) is 1. The molecule has 0 saturated heterocycles. The first-order chi connectivity index (χ1) is 9.10. The minimum Gasteiger partial charge on any atom is -0.376 e. The predicted octanol–water partition coefficient (Wildman–Crippen LogP) is 4.18. The van der Waals surface area contributed by atoms with Gasteiger partial charge in [0.25, 0.3) is 0 Å². The van der Waals surface area contributed by atoms with Gasteiger partial charge in [-0.15, -0.1) is 0 Å². The molecule has 1 unspecified atom stereocenters. The highest BCUT2D eigenvalue weighted by molar-refractivity contribution is 9.10. The van der Waals surface area contributed by atoms with Gasteiger partial charge in [-0.3, -0.25) is 0 Å². The van der Waals surface area contributed by atoms with Crippen molar-refractivity contribution in [3.05, 3.63) is 63.6 Å². The molecule has 100 valence electrons. The average molecular weight is 319 g/mol. The van der Waals surface area contributed by atoms with E-state index in [4.69, 9.17) is 5.73 Å². The van der Waals surface area contributed by atoms with E-state index in [2.05, 4.69) is 77.6 Å². The molecule has 2 aromatic rings. The molecule has 2 aromatic carbocycles. The number of halogens is 1. The van der Waals surface area contributed by atoms with Crippen LogP contribution in [-0.4, -0.2) is 6.54 Å². The minimum absolute atomic E-state index is 0.123. The molecule has 0 saturated carbocycles. The summed E-state index contributed by atoms with van der Waals surface area (Å²) >= 11 is 3.57. The zero-order valence-corrected chi connectivity index (χ0v) is 12.9. The summed E-state index contributed by atoms with van der Waals surface area (Å²) in [7, 11) is 0. The first-order valence-electron chi connectivity index (χ1n) is 6.39. The van der Waals surface area contributed by atoms with E-state index < -0.39 is 0 Å². The number of aryl methyl sites for hydroxylation is 2. The SMILES string of the molecule is Cc1cccc(C(CN)Nc2cc(C)ccc2Br)c1. The van der Waals surface area contributed by atoms with E-state index >= 15 is 0 Å². The Bertz CT molecular complexity index is 566. The molecular formula is C16H19BrN2. The van der Waals surface area contributed by atoms with Crippen molar-refractivity contribution in [2.24, 2.45) is 5.73 Å². The smallest absolute Gasteiger partial charge is 0.0636 e. The minimum atomic E-state index is 0.123. The lowest BCUT2D eigenvalue weighted by atomic mass is 10.0. The van der Waals surface area contributed by atoms with Gasteiger partial charge in [-0.2, -0.15) is 0 Å². The van der Waals surface area contributed by atoms with E-state index in [1.807, 2.05) is 0 Å². The Balaban J connectivity index is 2.26. The lowest BCUT2D eigenvalue weighted by Gasteiger charge is -2.20. The van der Waals surface area contributed by atoms with Gasteiger partial charge >= 0.3 is 0 Å². The fourth-order valence-electron chi connectivity index (χ4n) is 2.10. The van der Waals surface area contributed by atoms with E-state index in [0.29, 0.717) is 6.54 Å². The lowest BCUT2D eigenvalue weighted by Crippen LogP contribution is -2.20. The van der Waals surface area contributed by atoms with E-state index in [0.717, 1.165) is 10.2 Å². The number of nitrogens with one attached hydrogen (secondary N) is 1. The quantitative estimate of drug-likeness (QED) is 0.887. The Morgan fingerprint density at radius 1 is 1.11 bits per heavy atom. The molecule has 2 nitrogen and oxygen atoms in total. The van der Waals surface area contributed by atoms with Gasteiger partial charge < -0.3 is 11.1 Å². The molecule has 0 aromatic heterocycles. The summed E-state index contributed by atoms with van der Waals surface area (Å²) in [6.45, 7) is 4.74. The molecule has 0 aliphatic carbocycles. The number of anilines is 1. The van der Waals surface area contributed by atoms with Crippen molar-refractivity contribution in [3.8, 4) is 0 Å². The molecule has 0 heterocycles. The van der Waals surface area contributed by atoms with E-state index in [9.17, 15) is 0 Å². The standard InChI is InChI=1S/C16H19BrN2/c1-11-4-3-5-13(8-11)16(10-18)19-15-9-12(2)6-7-14(15)17/h3-9,16,19H,10,18H2,1-2H3. The summed E-state index contributed by atoms with van der Waals surface area (Å²) < 4.78 is 1.06. The van der Waals surface area contributed by atoms with Gasteiger partial charge in [0.05, 0.1) is 6.04 Å². The topological polar surface area (TPSA) is 38.0 Å². The van der Waals surface area contributed by atoms with E-state index in [1.165, 1.54) is 16.7 Å². The van der Waals surface area contributed by atoms with Crippen molar-refractivity contribution in [1.82, 2.24) is 0 Å². The monoisotopic (exact) mass is 318 g/mol. The van der Waals surface area contributed by atoms with Gasteiger partial charge in [-0.1, -0.05) is 35.9 Å². The van der Waals surface area contributed by atoms with Crippen LogP contribution in [0.15, 0.2) is 46.9 Å². The fourth-order valence-corrected chi connectivity index (χ4v) is 2.46. The van der Waals surface area contributed by atoms with Crippen LogP contribution in [0.2, 0.25) is 0 Å². The molecule has 3 N–H and O–H groups in total. The van der Waals surface area contributed by atoms with Gasteiger partial charge in [-0.25, -0.2) is 0 Å². The highest BCUT2D eigenvalue weighted by Gasteiger charge is 2.11. The molecule has 0 aliphatic heterocycles. The predicted molar refractivity (Wildman–Crippen MR) is 85.5 cm³/mol. The number of rotatable bonds is 4. The third kappa shape index (κ3) is 3.58. The molecule has 0 radical (unpaired) electrons. The van der Waals surface area contributed by atoms with Crippen LogP contribution in [0, 0.1) is 13.8 Å². The zero-order chi connectivity index (χ0) is 13.8. The Kier molecular flexibility index (Phi) is 4.61. The maximum atomic E-state index is 5.91. The molecule has 0 bridgehead atoms. The highest BCUT2D eigenvalue weighted by Crippen LogP contribution is 2.27. The van der Waals surface area contributed by atoms with Gasteiger partial charge in [0.15, 0.2) is 0 Å². The average Bonchev–Trinajstić information content (AvgIpc) is 2.39. The molecule has 0 spiro atoms. The van der Waals surface area contributed by atoms with Crippen LogP contribution in [0.25, 0.3) is 0 Å². The van der Waals surface area contributed by atoms with Crippen LogP contribution >= 0.6 is 15.9 Å². The van der Waals surface area contributed by atoms with E-state index in [1.54, 1.807) is 0 Å². The van der Waals surface area contributed by atoms with Crippen molar-refractivity contribution in [1.29, 1.82) is 0 Å². The second kappa shape index (κ2) is 6.22. The Hall–Kier alpha value is -1.32. The number of benzene rings is 2. The molecule has 3 heteroatoms. The molecule has 0 aliphatic rings. The summed E-state index contributed by atoms with van der Waals surface area (Å²) in [5.74, 6) is 0. The summed E-state index contributed by atoms with van der Waals surface area (Å²) in [4.78, 5) is 0. The maximum Gasteiger partial charge on any atom is 0.0636 e. The van der Waals surface area contributed by atoms with Crippen LogP contribution < -0.4 is 11.1 Å². The number of hydrogen-bond donors (Lipinski definition) is 2. The van der Waals surface area contributed by atoms with Gasteiger partial charge in [0.1, 0.15) is 0 Å². The third-order valence-corrected chi connectivity index (χ3v) is 3.82. The van der Waals surface area contributed by atoms with Crippen molar-refractivity contribution >= 4 is 21.6 Å².